The normalized spacial score (nSPS) is 17.8. The van der Waals surface area contributed by atoms with Crippen LogP contribution in [0.1, 0.15) is 46.0 Å². The zero-order valence-corrected chi connectivity index (χ0v) is 20.3. The van der Waals surface area contributed by atoms with Crippen molar-refractivity contribution >= 4 is 27.1 Å². The molecule has 0 spiro atoms. The fraction of sp³-hybridized carbons (Fsp3) is 0.500. The van der Waals surface area contributed by atoms with E-state index >= 15 is 0 Å². The molecule has 158 valence electrons. The monoisotopic (exact) mass is 429 g/mol. The SMILES string of the molecule is CCN(C)P(c1ccccc1)N(C1CCCCC1)P(c1ccccc1)N(C)CC. The molecule has 0 bridgehead atoms. The summed E-state index contributed by atoms with van der Waals surface area (Å²) in [6.45, 7) is 6.73. The second kappa shape index (κ2) is 11.5. The Hall–Kier alpha value is -0.820. The highest BCUT2D eigenvalue weighted by Crippen LogP contribution is 2.60. The Morgan fingerprint density at radius 3 is 1.48 bits per heavy atom. The summed E-state index contributed by atoms with van der Waals surface area (Å²) in [6, 6.07) is 23.2. The van der Waals surface area contributed by atoms with Crippen molar-refractivity contribution in [1.82, 2.24) is 13.8 Å². The molecule has 2 aromatic carbocycles. The quantitative estimate of drug-likeness (QED) is 0.467. The van der Waals surface area contributed by atoms with E-state index in [1.54, 1.807) is 0 Å². The molecule has 0 N–H and O–H groups in total. The van der Waals surface area contributed by atoms with Gasteiger partial charge < -0.3 is 0 Å². The third-order valence-corrected chi connectivity index (χ3v) is 11.7. The lowest BCUT2D eigenvalue weighted by Crippen LogP contribution is -2.41. The average Bonchev–Trinajstić information content (AvgIpc) is 2.80. The molecule has 1 aliphatic rings. The van der Waals surface area contributed by atoms with Crippen molar-refractivity contribution < 1.29 is 0 Å². The molecule has 0 radical (unpaired) electrons. The maximum absolute atomic E-state index is 2.96. The minimum Gasteiger partial charge on any atom is -0.269 e. The minimum atomic E-state index is -0.551. The molecule has 3 rings (SSSR count). The molecule has 29 heavy (non-hydrogen) atoms. The van der Waals surface area contributed by atoms with Gasteiger partial charge in [-0.2, -0.15) is 0 Å². The van der Waals surface area contributed by atoms with Gasteiger partial charge in [0.2, 0.25) is 0 Å². The zero-order chi connectivity index (χ0) is 20.6. The molecule has 0 aliphatic heterocycles. The fourth-order valence-electron chi connectivity index (χ4n) is 4.04. The highest BCUT2D eigenvalue weighted by molar-refractivity contribution is 7.75. The van der Waals surface area contributed by atoms with Crippen LogP contribution in [-0.2, 0) is 0 Å². The number of benzene rings is 2. The van der Waals surface area contributed by atoms with Crippen LogP contribution in [0.5, 0.6) is 0 Å². The molecule has 0 heterocycles. The summed E-state index contributed by atoms with van der Waals surface area (Å²) in [7, 11) is 3.54. The van der Waals surface area contributed by atoms with Gasteiger partial charge in [-0.1, -0.05) is 93.8 Å². The Morgan fingerprint density at radius 2 is 1.10 bits per heavy atom. The summed E-state index contributed by atoms with van der Waals surface area (Å²) in [5.41, 5.74) is 0. The van der Waals surface area contributed by atoms with Gasteiger partial charge in [0.15, 0.2) is 0 Å². The standard InChI is InChI=1S/C24H37N3P2/c1-5-25(3)28(23-18-12-8-13-19-23)27(22-16-10-7-11-17-22)29(26(4)6-2)24-20-14-9-15-21-24/h8-9,12-15,18-22H,5-7,10-11,16-17H2,1-4H3. The minimum absolute atomic E-state index is 0.551. The summed E-state index contributed by atoms with van der Waals surface area (Å²) in [5, 5.41) is 2.95. The first-order chi connectivity index (χ1) is 14.2. The first kappa shape index (κ1) is 22.9. The average molecular weight is 430 g/mol. The summed E-state index contributed by atoms with van der Waals surface area (Å²) >= 11 is 0. The van der Waals surface area contributed by atoms with Crippen molar-refractivity contribution in [3.8, 4) is 0 Å². The van der Waals surface area contributed by atoms with Gasteiger partial charge in [-0.05, 0) is 26.9 Å². The predicted octanol–water partition coefficient (Wildman–Crippen LogP) is 5.80. The molecule has 3 nitrogen and oxygen atoms in total. The maximum atomic E-state index is 2.96. The topological polar surface area (TPSA) is 9.72 Å². The lowest BCUT2D eigenvalue weighted by Gasteiger charge is -2.49. The Balaban J connectivity index is 2.12. The molecule has 2 aromatic rings. The van der Waals surface area contributed by atoms with Gasteiger partial charge >= 0.3 is 0 Å². The van der Waals surface area contributed by atoms with Gasteiger partial charge in [-0.15, -0.1) is 0 Å². The number of hydrogen-bond donors (Lipinski definition) is 0. The van der Waals surface area contributed by atoms with Crippen LogP contribution < -0.4 is 10.6 Å². The van der Waals surface area contributed by atoms with Crippen molar-refractivity contribution in [3.05, 3.63) is 60.7 Å². The summed E-state index contributed by atoms with van der Waals surface area (Å²) in [4.78, 5) is 0. The second-order valence-electron chi connectivity index (χ2n) is 7.81. The van der Waals surface area contributed by atoms with Crippen molar-refractivity contribution in [2.75, 3.05) is 27.2 Å². The van der Waals surface area contributed by atoms with E-state index in [-0.39, 0.29) is 0 Å². The number of nitrogens with zero attached hydrogens (tertiary/aromatic N) is 3. The van der Waals surface area contributed by atoms with E-state index in [1.807, 2.05) is 0 Å². The Bertz CT molecular complexity index is 653. The smallest absolute Gasteiger partial charge is 0.0774 e. The molecule has 2 atom stereocenters. The number of rotatable bonds is 9. The van der Waals surface area contributed by atoms with Crippen molar-refractivity contribution in [2.24, 2.45) is 0 Å². The lowest BCUT2D eigenvalue weighted by molar-refractivity contribution is 0.334. The fourth-order valence-corrected chi connectivity index (χ4v) is 10.5. The van der Waals surface area contributed by atoms with E-state index in [1.165, 1.54) is 42.7 Å². The summed E-state index contributed by atoms with van der Waals surface area (Å²) in [5.74, 6) is 0. The van der Waals surface area contributed by atoms with Crippen molar-refractivity contribution in [2.45, 2.75) is 52.0 Å². The Morgan fingerprint density at radius 1 is 0.690 bits per heavy atom. The summed E-state index contributed by atoms with van der Waals surface area (Å²) in [6.07, 6.45) is 6.77. The van der Waals surface area contributed by atoms with Crippen LogP contribution in [0.2, 0.25) is 0 Å². The van der Waals surface area contributed by atoms with Gasteiger partial charge in [-0.25, -0.2) is 4.44 Å². The Kier molecular flexibility index (Phi) is 9.09. The molecule has 1 aliphatic carbocycles. The van der Waals surface area contributed by atoms with Crippen LogP contribution in [-0.4, -0.2) is 47.0 Å². The maximum Gasteiger partial charge on any atom is 0.0774 e. The van der Waals surface area contributed by atoms with Gasteiger partial charge in [0.1, 0.15) is 0 Å². The van der Waals surface area contributed by atoms with E-state index in [0.717, 1.165) is 13.1 Å². The van der Waals surface area contributed by atoms with E-state index in [9.17, 15) is 0 Å². The van der Waals surface area contributed by atoms with Gasteiger partial charge in [-0.3, -0.25) is 9.34 Å². The van der Waals surface area contributed by atoms with Gasteiger partial charge in [0, 0.05) is 29.7 Å². The Labute approximate surface area is 180 Å². The first-order valence-corrected chi connectivity index (χ1v) is 13.6. The van der Waals surface area contributed by atoms with Crippen molar-refractivity contribution in [1.29, 1.82) is 0 Å². The first-order valence-electron chi connectivity index (χ1n) is 11.1. The van der Waals surface area contributed by atoms with Crippen LogP contribution in [0, 0.1) is 0 Å². The van der Waals surface area contributed by atoms with Crippen LogP contribution in [0.25, 0.3) is 0 Å². The van der Waals surface area contributed by atoms with Crippen molar-refractivity contribution in [3.63, 3.8) is 0 Å². The van der Waals surface area contributed by atoms with E-state index in [2.05, 4.69) is 102 Å². The third-order valence-electron chi connectivity index (χ3n) is 5.83. The van der Waals surface area contributed by atoms with Crippen LogP contribution in [0.15, 0.2) is 60.7 Å². The second-order valence-corrected chi connectivity index (χ2v) is 12.5. The molecular weight excluding hydrogens is 392 g/mol. The highest BCUT2D eigenvalue weighted by Gasteiger charge is 2.38. The highest BCUT2D eigenvalue weighted by atomic mass is 31.2. The molecule has 0 aromatic heterocycles. The third kappa shape index (κ3) is 5.66. The van der Waals surface area contributed by atoms with Crippen LogP contribution >= 0.6 is 16.4 Å². The van der Waals surface area contributed by atoms with Crippen LogP contribution in [0.4, 0.5) is 0 Å². The largest absolute Gasteiger partial charge is 0.269 e. The molecule has 1 fully saturated rings. The van der Waals surface area contributed by atoms with E-state index < -0.39 is 16.4 Å². The lowest BCUT2D eigenvalue weighted by atomic mass is 9.96. The molecule has 1 saturated carbocycles. The number of hydrogen-bond acceptors (Lipinski definition) is 3. The van der Waals surface area contributed by atoms with E-state index in [4.69, 9.17) is 0 Å². The molecule has 0 saturated heterocycles. The van der Waals surface area contributed by atoms with E-state index in [0.29, 0.717) is 6.04 Å². The zero-order valence-electron chi connectivity index (χ0n) is 18.5. The van der Waals surface area contributed by atoms with Crippen LogP contribution in [0.3, 0.4) is 0 Å². The molecule has 0 amide bonds. The molecule has 2 unspecified atom stereocenters. The predicted molar refractivity (Wildman–Crippen MR) is 131 cm³/mol. The molecular formula is C24H37N3P2. The van der Waals surface area contributed by atoms with Gasteiger partial charge in [0.25, 0.3) is 0 Å². The summed E-state index contributed by atoms with van der Waals surface area (Å²) < 4.78 is 8.16. The molecule has 5 heteroatoms. The van der Waals surface area contributed by atoms with Gasteiger partial charge in [0.05, 0.1) is 16.4 Å².